The van der Waals surface area contributed by atoms with Crippen LogP contribution in [0.1, 0.15) is 27.2 Å². The highest BCUT2D eigenvalue weighted by Crippen LogP contribution is 2.05. The highest BCUT2D eigenvalue weighted by molar-refractivity contribution is 5.86. The zero-order valence-electron chi connectivity index (χ0n) is 8.54. The van der Waals surface area contributed by atoms with Crippen LogP contribution in [0.5, 0.6) is 0 Å². The SMILES string of the molecule is C=C(C)C(=O)OCC(O)CC(C)C. The number of hydrogen-bond acceptors (Lipinski definition) is 3. The lowest BCUT2D eigenvalue weighted by molar-refractivity contribution is -0.142. The molecule has 0 aromatic rings. The van der Waals surface area contributed by atoms with Gasteiger partial charge in [-0.25, -0.2) is 4.79 Å². The van der Waals surface area contributed by atoms with Crippen LogP contribution < -0.4 is 0 Å². The zero-order valence-corrected chi connectivity index (χ0v) is 8.54. The van der Waals surface area contributed by atoms with Gasteiger partial charge in [0.1, 0.15) is 6.61 Å². The Morgan fingerprint density at radius 1 is 1.54 bits per heavy atom. The van der Waals surface area contributed by atoms with E-state index in [4.69, 9.17) is 4.74 Å². The summed E-state index contributed by atoms with van der Waals surface area (Å²) in [4.78, 5) is 10.9. The number of hydrogen-bond donors (Lipinski definition) is 1. The van der Waals surface area contributed by atoms with Crippen LogP contribution in [-0.2, 0) is 9.53 Å². The first kappa shape index (κ1) is 12.2. The first-order chi connectivity index (χ1) is 5.93. The molecular weight excluding hydrogens is 168 g/mol. The van der Waals surface area contributed by atoms with E-state index in [1.165, 1.54) is 0 Å². The molecule has 0 bridgehead atoms. The van der Waals surface area contributed by atoms with Crippen molar-refractivity contribution in [3.05, 3.63) is 12.2 Å². The summed E-state index contributed by atoms with van der Waals surface area (Å²) in [5.74, 6) is -0.0404. The van der Waals surface area contributed by atoms with Gasteiger partial charge in [0.25, 0.3) is 0 Å². The van der Waals surface area contributed by atoms with Crippen LogP contribution in [0.3, 0.4) is 0 Å². The van der Waals surface area contributed by atoms with Crippen LogP contribution in [0.2, 0.25) is 0 Å². The Morgan fingerprint density at radius 2 is 2.08 bits per heavy atom. The van der Waals surface area contributed by atoms with Crippen LogP contribution in [-0.4, -0.2) is 23.8 Å². The van der Waals surface area contributed by atoms with Gasteiger partial charge in [0.15, 0.2) is 0 Å². The molecule has 0 heterocycles. The molecule has 1 N–H and O–H groups in total. The summed E-state index contributed by atoms with van der Waals surface area (Å²) in [5.41, 5.74) is 0.358. The molecule has 0 aromatic heterocycles. The van der Waals surface area contributed by atoms with Crippen LogP contribution in [0.25, 0.3) is 0 Å². The van der Waals surface area contributed by atoms with Crippen LogP contribution in [0.15, 0.2) is 12.2 Å². The normalized spacial score (nSPS) is 12.7. The van der Waals surface area contributed by atoms with E-state index in [0.29, 0.717) is 17.9 Å². The molecule has 0 fully saturated rings. The Labute approximate surface area is 79.4 Å². The Hall–Kier alpha value is -0.830. The average molecular weight is 186 g/mol. The van der Waals surface area contributed by atoms with Gasteiger partial charge in [-0.1, -0.05) is 20.4 Å². The summed E-state index contributed by atoms with van der Waals surface area (Å²) in [7, 11) is 0. The van der Waals surface area contributed by atoms with Crippen molar-refractivity contribution < 1.29 is 14.6 Å². The number of aliphatic hydroxyl groups excluding tert-OH is 1. The first-order valence-corrected chi connectivity index (χ1v) is 4.44. The molecule has 0 aliphatic carbocycles. The molecule has 1 atom stereocenters. The lowest BCUT2D eigenvalue weighted by Gasteiger charge is -2.12. The van der Waals surface area contributed by atoms with Gasteiger partial charge in [0, 0.05) is 5.57 Å². The smallest absolute Gasteiger partial charge is 0.333 e. The van der Waals surface area contributed by atoms with Crippen LogP contribution in [0, 0.1) is 5.92 Å². The molecule has 0 radical (unpaired) electrons. The van der Waals surface area contributed by atoms with Crippen molar-refractivity contribution in [1.29, 1.82) is 0 Å². The lowest BCUT2D eigenvalue weighted by atomic mass is 10.1. The van der Waals surface area contributed by atoms with E-state index in [-0.39, 0.29) is 6.61 Å². The van der Waals surface area contributed by atoms with Gasteiger partial charge in [0.2, 0.25) is 0 Å². The number of carbonyl (C=O) groups excluding carboxylic acids is 1. The van der Waals surface area contributed by atoms with Crippen molar-refractivity contribution in [3.8, 4) is 0 Å². The number of esters is 1. The van der Waals surface area contributed by atoms with E-state index in [1.54, 1.807) is 6.92 Å². The summed E-state index contributed by atoms with van der Waals surface area (Å²) in [6, 6.07) is 0. The standard InChI is InChI=1S/C10H18O3/c1-7(2)5-9(11)6-13-10(12)8(3)4/h7,9,11H,3,5-6H2,1-2,4H3. The van der Waals surface area contributed by atoms with Crippen molar-refractivity contribution in [3.63, 3.8) is 0 Å². The summed E-state index contributed by atoms with van der Waals surface area (Å²) < 4.78 is 4.78. The summed E-state index contributed by atoms with van der Waals surface area (Å²) >= 11 is 0. The van der Waals surface area contributed by atoms with Crippen molar-refractivity contribution in [2.75, 3.05) is 6.61 Å². The Balaban J connectivity index is 3.64. The fourth-order valence-corrected chi connectivity index (χ4v) is 0.907. The molecule has 0 rings (SSSR count). The maximum Gasteiger partial charge on any atom is 0.333 e. The Bertz CT molecular complexity index is 185. The third-order valence-electron chi connectivity index (χ3n) is 1.50. The first-order valence-electron chi connectivity index (χ1n) is 4.44. The monoisotopic (exact) mass is 186 g/mol. The van der Waals surface area contributed by atoms with Crippen molar-refractivity contribution in [1.82, 2.24) is 0 Å². The molecule has 0 aliphatic heterocycles. The number of carbonyl (C=O) groups is 1. The largest absolute Gasteiger partial charge is 0.460 e. The van der Waals surface area contributed by atoms with Gasteiger partial charge in [-0.3, -0.25) is 0 Å². The zero-order chi connectivity index (χ0) is 10.4. The third kappa shape index (κ3) is 6.34. The molecule has 0 aliphatic rings. The molecular formula is C10H18O3. The number of rotatable bonds is 5. The summed E-state index contributed by atoms with van der Waals surface area (Å²) in [5, 5.41) is 9.34. The number of ether oxygens (including phenoxy) is 1. The average Bonchev–Trinajstić information content (AvgIpc) is 1.98. The number of aliphatic hydroxyl groups is 1. The van der Waals surface area contributed by atoms with Gasteiger partial charge >= 0.3 is 5.97 Å². The van der Waals surface area contributed by atoms with E-state index >= 15 is 0 Å². The third-order valence-corrected chi connectivity index (χ3v) is 1.50. The second-order valence-electron chi connectivity index (χ2n) is 3.66. The molecule has 13 heavy (non-hydrogen) atoms. The van der Waals surface area contributed by atoms with E-state index in [1.807, 2.05) is 13.8 Å². The molecule has 3 nitrogen and oxygen atoms in total. The maximum atomic E-state index is 10.9. The minimum Gasteiger partial charge on any atom is -0.460 e. The van der Waals surface area contributed by atoms with Crippen molar-refractivity contribution in [2.45, 2.75) is 33.3 Å². The quantitative estimate of drug-likeness (QED) is 0.523. The molecule has 0 spiro atoms. The fourth-order valence-electron chi connectivity index (χ4n) is 0.907. The minimum atomic E-state index is -0.566. The Kier molecular flexibility index (Phi) is 5.39. The highest BCUT2D eigenvalue weighted by atomic mass is 16.5. The highest BCUT2D eigenvalue weighted by Gasteiger charge is 2.10. The second kappa shape index (κ2) is 5.75. The maximum absolute atomic E-state index is 10.9. The predicted molar refractivity (Wildman–Crippen MR) is 51.2 cm³/mol. The van der Waals surface area contributed by atoms with Gasteiger partial charge in [-0.15, -0.1) is 0 Å². The predicted octanol–water partition coefficient (Wildman–Crippen LogP) is 1.51. The fraction of sp³-hybridized carbons (Fsp3) is 0.700. The molecule has 3 heteroatoms. The molecule has 0 saturated heterocycles. The summed E-state index contributed by atoms with van der Waals surface area (Å²) in [6.07, 6.45) is 0.0759. The Morgan fingerprint density at radius 3 is 2.46 bits per heavy atom. The van der Waals surface area contributed by atoms with Crippen molar-refractivity contribution >= 4 is 5.97 Å². The van der Waals surface area contributed by atoms with E-state index < -0.39 is 12.1 Å². The minimum absolute atomic E-state index is 0.0594. The molecule has 76 valence electrons. The van der Waals surface area contributed by atoms with Gasteiger partial charge in [0.05, 0.1) is 6.10 Å². The second-order valence-corrected chi connectivity index (χ2v) is 3.66. The topological polar surface area (TPSA) is 46.5 Å². The lowest BCUT2D eigenvalue weighted by Crippen LogP contribution is -2.20. The van der Waals surface area contributed by atoms with E-state index in [0.717, 1.165) is 0 Å². The summed E-state index contributed by atoms with van der Waals surface area (Å²) in [6.45, 7) is 9.09. The van der Waals surface area contributed by atoms with Crippen molar-refractivity contribution in [2.24, 2.45) is 5.92 Å². The van der Waals surface area contributed by atoms with E-state index in [2.05, 4.69) is 6.58 Å². The molecule has 0 amide bonds. The molecule has 0 aromatic carbocycles. The van der Waals surface area contributed by atoms with Crippen LogP contribution in [0.4, 0.5) is 0 Å². The van der Waals surface area contributed by atoms with Gasteiger partial charge in [-0.2, -0.15) is 0 Å². The molecule has 0 saturated carbocycles. The van der Waals surface area contributed by atoms with Gasteiger partial charge in [-0.05, 0) is 19.3 Å². The van der Waals surface area contributed by atoms with E-state index in [9.17, 15) is 9.90 Å². The molecule has 1 unspecified atom stereocenters. The van der Waals surface area contributed by atoms with Gasteiger partial charge < -0.3 is 9.84 Å². The van der Waals surface area contributed by atoms with Crippen LogP contribution >= 0.6 is 0 Å².